The zero-order valence-electron chi connectivity index (χ0n) is 13.2. The Balaban J connectivity index is 1.76. The molecule has 0 spiro atoms. The van der Waals surface area contributed by atoms with Crippen LogP contribution in [0, 0.1) is 5.92 Å². The largest absolute Gasteiger partial charge is 0.371 e. The van der Waals surface area contributed by atoms with Crippen molar-refractivity contribution in [3.05, 3.63) is 24.5 Å². The molecule has 0 radical (unpaired) electrons. The first kappa shape index (κ1) is 16.4. The van der Waals surface area contributed by atoms with Gasteiger partial charge in [-0.1, -0.05) is 0 Å². The third-order valence-corrected chi connectivity index (χ3v) is 5.98. The third kappa shape index (κ3) is 3.24. The molecule has 2 aliphatic rings. The number of aromatic nitrogens is 1. The number of nitrogens with one attached hydrogen (secondary N) is 1. The molecule has 2 aliphatic heterocycles. The number of carbonyl (C=O) groups is 1. The summed E-state index contributed by atoms with van der Waals surface area (Å²) >= 11 is 0. The van der Waals surface area contributed by atoms with Crippen LogP contribution < -0.4 is 5.32 Å². The molecule has 3 rings (SSSR count). The fourth-order valence-electron chi connectivity index (χ4n) is 3.14. The topological polar surface area (TPSA) is 88.6 Å². The van der Waals surface area contributed by atoms with E-state index in [1.165, 1.54) is 22.8 Å². The molecule has 3 atom stereocenters. The Hall–Kier alpha value is -1.51. The summed E-state index contributed by atoms with van der Waals surface area (Å²) in [7, 11) is -3.60. The number of amides is 1. The summed E-state index contributed by atoms with van der Waals surface area (Å²) in [5, 5.41) is 2.89. The van der Waals surface area contributed by atoms with Gasteiger partial charge in [-0.25, -0.2) is 8.42 Å². The summed E-state index contributed by atoms with van der Waals surface area (Å²) in [4.78, 5) is 16.3. The van der Waals surface area contributed by atoms with Crippen LogP contribution in [0.4, 0.5) is 0 Å². The first-order valence-corrected chi connectivity index (χ1v) is 9.18. The molecule has 2 bridgehead atoms. The SMILES string of the molecule is CC(C)NC(=O)[C@@H]1C[C@H]2CN(S(=O)(=O)c3cccnc3)C[C@@H]1O2. The van der Waals surface area contributed by atoms with Crippen molar-refractivity contribution in [2.75, 3.05) is 13.1 Å². The zero-order chi connectivity index (χ0) is 16.6. The van der Waals surface area contributed by atoms with Crippen LogP contribution in [0.2, 0.25) is 0 Å². The summed E-state index contributed by atoms with van der Waals surface area (Å²) in [5.74, 6) is -0.357. The van der Waals surface area contributed by atoms with Gasteiger partial charge in [0, 0.05) is 31.5 Å². The fraction of sp³-hybridized carbons (Fsp3) is 0.600. The average molecular weight is 339 g/mol. The third-order valence-electron chi connectivity index (χ3n) is 4.16. The Labute approximate surface area is 136 Å². The normalized spacial score (nSPS) is 28.0. The van der Waals surface area contributed by atoms with Crippen LogP contribution in [0.3, 0.4) is 0 Å². The van der Waals surface area contributed by atoms with E-state index >= 15 is 0 Å². The molecule has 1 aromatic rings. The molecule has 1 amide bonds. The summed E-state index contributed by atoms with van der Waals surface area (Å²) in [5.41, 5.74) is 0. The van der Waals surface area contributed by atoms with E-state index in [-0.39, 0.29) is 48.1 Å². The van der Waals surface area contributed by atoms with Crippen LogP contribution in [0.15, 0.2) is 29.4 Å². The lowest BCUT2D eigenvalue weighted by molar-refractivity contribution is -0.127. The van der Waals surface area contributed by atoms with Gasteiger partial charge in [0.05, 0.1) is 18.1 Å². The lowest BCUT2D eigenvalue weighted by atomic mass is 9.99. The Kier molecular flexibility index (Phi) is 4.39. The van der Waals surface area contributed by atoms with Crippen LogP contribution >= 0.6 is 0 Å². The molecule has 1 aromatic heterocycles. The summed E-state index contributed by atoms with van der Waals surface area (Å²) in [6, 6.07) is 3.18. The highest BCUT2D eigenvalue weighted by molar-refractivity contribution is 7.89. The standard InChI is InChI=1S/C15H21N3O4S/c1-10(2)17-15(19)13-6-11-8-18(9-14(13)22-11)23(20,21)12-4-3-5-16-7-12/h3-5,7,10-11,13-14H,6,8-9H2,1-2H3,(H,17,19)/t11-,13+,14-/m0/s1. The molecule has 126 valence electrons. The highest BCUT2D eigenvalue weighted by Crippen LogP contribution is 2.34. The molecule has 2 saturated heterocycles. The van der Waals surface area contributed by atoms with Crippen LogP contribution in [-0.2, 0) is 19.6 Å². The molecule has 7 nitrogen and oxygen atoms in total. The monoisotopic (exact) mass is 339 g/mol. The van der Waals surface area contributed by atoms with E-state index < -0.39 is 10.0 Å². The number of nitrogens with zero attached hydrogens (tertiary/aromatic N) is 2. The Morgan fingerprint density at radius 1 is 1.43 bits per heavy atom. The fourth-order valence-corrected chi connectivity index (χ4v) is 4.58. The quantitative estimate of drug-likeness (QED) is 0.857. The average Bonchev–Trinajstić information content (AvgIpc) is 2.81. The first-order valence-electron chi connectivity index (χ1n) is 7.74. The minimum Gasteiger partial charge on any atom is -0.371 e. The predicted octanol–water partition coefficient (Wildman–Crippen LogP) is 0.384. The molecule has 2 fully saturated rings. The van der Waals surface area contributed by atoms with E-state index in [9.17, 15) is 13.2 Å². The second kappa shape index (κ2) is 6.18. The second-order valence-corrected chi connectivity index (χ2v) is 8.25. The Morgan fingerprint density at radius 2 is 2.22 bits per heavy atom. The highest BCUT2D eigenvalue weighted by atomic mass is 32.2. The maximum absolute atomic E-state index is 12.7. The van der Waals surface area contributed by atoms with Crippen LogP contribution in [0.5, 0.6) is 0 Å². The van der Waals surface area contributed by atoms with Crippen molar-refractivity contribution < 1.29 is 17.9 Å². The predicted molar refractivity (Wildman–Crippen MR) is 83.0 cm³/mol. The lowest BCUT2D eigenvalue weighted by Gasteiger charge is -2.31. The summed E-state index contributed by atoms with van der Waals surface area (Å²) < 4.78 is 32.6. The zero-order valence-corrected chi connectivity index (χ0v) is 14.0. The Morgan fingerprint density at radius 3 is 2.87 bits per heavy atom. The van der Waals surface area contributed by atoms with Gasteiger partial charge < -0.3 is 10.1 Å². The number of carbonyl (C=O) groups excluding carboxylic acids is 1. The van der Waals surface area contributed by atoms with Crippen molar-refractivity contribution in [3.63, 3.8) is 0 Å². The molecule has 0 saturated carbocycles. The minimum absolute atomic E-state index is 0.0539. The van der Waals surface area contributed by atoms with E-state index in [4.69, 9.17) is 4.74 Å². The first-order chi connectivity index (χ1) is 10.9. The molecule has 0 aromatic carbocycles. The smallest absolute Gasteiger partial charge is 0.244 e. The van der Waals surface area contributed by atoms with Gasteiger partial charge in [-0.2, -0.15) is 4.31 Å². The molecular weight excluding hydrogens is 318 g/mol. The summed E-state index contributed by atoms with van der Waals surface area (Å²) in [6.45, 7) is 4.28. The molecule has 0 aliphatic carbocycles. The van der Waals surface area contributed by atoms with Crippen molar-refractivity contribution >= 4 is 15.9 Å². The number of rotatable bonds is 4. The number of sulfonamides is 1. The maximum Gasteiger partial charge on any atom is 0.244 e. The molecule has 8 heteroatoms. The summed E-state index contributed by atoms with van der Waals surface area (Å²) in [6.07, 6.45) is 2.81. The Bertz CT molecular complexity index is 677. The molecule has 23 heavy (non-hydrogen) atoms. The highest BCUT2D eigenvalue weighted by Gasteiger charge is 2.47. The van der Waals surface area contributed by atoms with Gasteiger partial charge in [0.1, 0.15) is 4.90 Å². The lowest BCUT2D eigenvalue weighted by Crippen LogP contribution is -2.48. The molecular formula is C15H21N3O4S. The maximum atomic E-state index is 12.7. The number of hydrogen-bond donors (Lipinski definition) is 1. The van der Waals surface area contributed by atoms with Crippen molar-refractivity contribution in [1.82, 2.24) is 14.6 Å². The number of pyridine rings is 1. The van der Waals surface area contributed by atoms with Crippen molar-refractivity contribution in [2.24, 2.45) is 5.92 Å². The second-order valence-electron chi connectivity index (χ2n) is 6.31. The van der Waals surface area contributed by atoms with Crippen molar-refractivity contribution in [2.45, 2.75) is 43.4 Å². The van der Waals surface area contributed by atoms with E-state index in [0.717, 1.165) is 0 Å². The number of hydrogen-bond acceptors (Lipinski definition) is 5. The molecule has 3 heterocycles. The van der Waals surface area contributed by atoms with Crippen molar-refractivity contribution in [3.8, 4) is 0 Å². The van der Waals surface area contributed by atoms with E-state index in [2.05, 4.69) is 10.3 Å². The van der Waals surface area contributed by atoms with E-state index in [1.54, 1.807) is 6.07 Å². The van der Waals surface area contributed by atoms with Gasteiger partial charge >= 0.3 is 0 Å². The van der Waals surface area contributed by atoms with E-state index in [1.807, 2.05) is 13.8 Å². The minimum atomic E-state index is -3.60. The van der Waals surface area contributed by atoms with Gasteiger partial charge in [0.15, 0.2) is 0 Å². The number of ether oxygens (including phenoxy) is 1. The van der Waals surface area contributed by atoms with Gasteiger partial charge in [-0.15, -0.1) is 0 Å². The van der Waals surface area contributed by atoms with Gasteiger partial charge in [0.2, 0.25) is 15.9 Å². The van der Waals surface area contributed by atoms with Crippen molar-refractivity contribution in [1.29, 1.82) is 0 Å². The van der Waals surface area contributed by atoms with Gasteiger partial charge in [-0.3, -0.25) is 9.78 Å². The molecule has 1 N–H and O–H groups in total. The number of fused-ring (bicyclic) bond motifs is 2. The van der Waals surface area contributed by atoms with Crippen LogP contribution in [0.1, 0.15) is 20.3 Å². The molecule has 0 unspecified atom stereocenters. The van der Waals surface area contributed by atoms with Gasteiger partial charge in [0.25, 0.3) is 0 Å². The van der Waals surface area contributed by atoms with Crippen LogP contribution in [-0.4, -0.2) is 55.0 Å². The van der Waals surface area contributed by atoms with E-state index in [0.29, 0.717) is 6.42 Å². The number of morpholine rings is 1. The van der Waals surface area contributed by atoms with Gasteiger partial charge in [-0.05, 0) is 32.4 Å². The van der Waals surface area contributed by atoms with Crippen LogP contribution in [0.25, 0.3) is 0 Å².